The Bertz CT molecular complexity index is 743. The van der Waals surface area contributed by atoms with Gasteiger partial charge < -0.3 is 0 Å². The van der Waals surface area contributed by atoms with Crippen LogP contribution in [0.1, 0.15) is 5.56 Å². The molecule has 0 saturated carbocycles. The summed E-state index contributed by atoms with van der Waals surface area (Å²) in [4.78, 5) is -0.129. The average Bonchev–Trinajstić information content (AvgIpc) is 2.30. The minimum atomic E-state index is -3.82. The van der Waals surface area contributed by atoms with Gasteiger partial charge in [0, 0.05) is 4.47 Å². The molecule has 0 saturated heterocycles. The van der Waals surface area contributed by atoms with Crippen LogP contribution in [-0.4, -0.2) is 8.42 Å². The molecule has 0 fully saturated rings. The summed E-state index contributed by atoms with van der Waals surface area (Å²) in [6.45, 7) is 1.85. The molecular weight excluding hydrogens is 413 g/mol. The summed E-state index contributed by atoms with van der Waals surface area (Å²) in [7, 11) is -3.82. The highest BCUT2D eigenvalue weighted by Crippen LogP contribution is 2.24. The van der Waals surface area contributed by atoms with Crippen LogP contribution in [0.4, 0.5) is 10.1 Å². The molecule has 106 valence electrons. The zero-order chi connectivity index (χ0) is 14.9. The van der Waals surface area contributed by atoms with E-state index in [0.29, 0.717) is 5.69 Å². The molecule has 3 nitrogen and oxygen atoms in total. The Hall–Kier alpha value is -0.920. The first-order valence-electron chi connectivity index (χ1n) is 5.53. The van der Waals surface area contributed by atoms with Crippen molar-refractivity contribution in [3.63, 3.8) is 0 Å². The molecule has 20 heavy (non-hydrogen) atoms. The highest BCUT2D eigenvalue weighted by atomic mass is 79.9. The largest absolute Gasteiger partial charge is 0.280 e. The molecule has 2 aromatic rings. The monoisotopic (exact) mass is 421 g/mol. The molecule has 1 N–H and O–H groups in total. The van der Waals surface area contributed by atoms with Crippen LogP contribution >= 0.6 is 31.9 Å². The number of benzene rings is 2. The SMILES string of the molecule is Cc1cc(Br)cc(NS(=O)(=O)c2ccc(Br)c(F)c2)c1. The molecule has 0 unspecified atom stereocenters. The van der Waals surface area contributed by atoms with Crippen LogP contribution in [0.3, 0.4) is 0 Å². The van der Waals surface area contributed by atoms with Gasteiger partial charge in [0.2, 0.25) is 0 Å². The van der Waals surface area contributed by atoms with Gasteiger partial charge in [-0.15, -0.1) is 0 Å². The molecule has 0 amide bonds. The van der Waals surface area contributed by atoms with Gasteiger partial charge in [-0.25, -0.2) is 12.8 Å². The number of anilines is 1. The van der Waals surface area contributed by atoms with Gasteiger partial charge in [0.15, 0.2) is 0 Å². The second-order valence-electron chi connectivity index (χ2n) is 4.20. The third-order valence-corrected chi connectivity index (χ3v) is 4.98. The average molecular weight is 423 g/mol. The highest BCUT2D eigenvalue weighted by molar-refractivity contribution is 9.10. The third kappa shape index (κ3) is 3.59. The van der Waals surface area contributed by atoms with E-state index in [4.69, 9.17) is 0 Å². The van der Waals surface area contributed by atoms with E-state index in [0.717, 1.165) is 16.1 Å². The Morgan fingerprint density at radius 1 is 1.10 bits per heavy atom. The van der Waals surface area contributed by atoms with E-state index in [9.17, 15) is 12.8 Å². The van der Waals surface area contributed by atoms with Crippen molar-refractivity contribution in [1.29, 1.82) is 0 Å². The number of hydrogen-bond acceptors (Lipinski definition) is 2. The first kappa shape index (κ1) is 15.5. The number of sulfonamides is 1. The van der Waals surface area contributed by atoms with Crippen LogP contribution in [0.15, 0.2) is 50.2 Å². The summed E-state index contributed by atoms with van der Waals surface area (Å²) < 4.78 is 41.2. The van der Waals surface area contributed by atoms with Crippen LogP contribution in [-0.2, 0) is 10.0 Å². The van der Waals surface area contributed by atoms with Gasteiger partial charge in [0.25, 0.3) is 10.0 Å². The molecule has 0 radical (unpaired) electrons. The quantitative estimate of drug-likeness (QED) is 0.793. The minimum absolute atomic E-state index is 0.129. The maximum atomic E-state index is 13.4. The van der Waals surface area contributed by atoms with Gasteiger partial charge in [-0.1, -0.05) is 15.9 Å². The van der Waals surface area contributed by atoms with E-state index in [1.807, 2.05) is 13.0 Å². The summed E-state index contributed by atoms with van der Waals surface area (Å²) in [6, 6.07) is 8.85. The maximum absolute atomic E-state index is 13.4. The van der Waals surface area contributed by atoms with Crippen molar-refractivity contribution in [1.82, 2.24) is 0 Å². The standard InChI is InChI=1S/C13H10Br2FNO2S/c1-8-4-9(14)6-10(5-8)17-20(18,19)11-2-3-12(15)13(16)7-11/h2-7,17H,1H3. The Morgan fingerprint density at radius 2 is 1.80 bits per heavy atom. The predicted octanol–water partition coefficient (Wildman–Crippen LogP) is 4.46. The first-order chi connectivity index (χ1) is 9.28. The van der Waals surface area contributed by atoms with Crippen molar-refractivity contribution in [2.45, 2.75) is 11.8 Å². The molecule has 0 aliphatic carbocycles. The van der Waals surface area contributed by atoms with Gasteiger partial charge >= 0.3 is 0 Å². The maximum Gasteiger partial charge on any atom is 0.261 e. The lowest BCUT2D eigenvalue weighted by atomic mass is 10.2. The Balaban J connectivity index is 2.37. The van der Waals surface area contributed by atoms with Gasteiger partial charge in [-0.05, 0) is 64.8 Å². The van der Waals surface area contributed by atoms with Gasteiger partial charge in [-0.2, -0.15) is 0 Å². The lowest BCUT2D eigenvalue weighted by molar-refractivity contribution is 0.593. The number of aryl methyl sites for hydroxylation is 1. The summed E-state index contributed by atoms with van der Waals surface area (Å²) in [5.41, 5.74) is 1.32. The van der Waals surface area contributed by atoms with Crippen molar-refractivity contribution in [2.75, 3.05) is 4.72 Å². The van der Waals surface area contributed by atoms with E-state index in [1.165, 1.54) is 12.1 Å². The number of halogens is 3. The number of hydrogen-bond donors (Lipinski definition) is 1. The molecule has 0 atom stereocenters. The fourth-order valence-electron chi connectivity index (χ4n) is 1.65. The van der Waals surface area contributed by atoms with Crippen molar-refractivity contribution in [3.8, 4) is 0 Å². The molecule has 2 aromatic carbocycles. The Kier molecular flexibility index (Phi) is 4.51. The summed E-state index contributed by atoms with van der Waals surface area (Å²) in [5, 5.41) is 0. The zero-order valence-electron chi connectivity index (χ0n) is 10.3. The summed E-state index contributed by atoms with van der Waals surface area (Å²) >= 11 is 6.28. The van der Waals surface area contributed by atoms with Gasteiger partial charge in [-0.3, -0.25) is 4.72 Å². The molecular formula is C13H10Br2FNO2S. The molecule has 7 heteroatoms. The van der Waals surface area contributed by atoms with E-state index in [2.05, 4.69) is 36.6 Å². The molecule has 0 aliphatic heterocycles. The molecule has 2 rings (SSSR count). The summed E-state index contributed by atoms with van der Waals surface area (Å²) in [5.74, 6) is -0.627. The van der Waals surface area contributed by atoms with Crippen LogP contribution in [0.2, 0.25) is 0 Å². The second kappa shape index (κ2) is 5.83. The molecule has 0 aromatic heterocycles. The summed E-state index contributed by atoms with van der Waals surface area (Å²) in [6.07, 6.45) is 0. The van der Waals surface area contributed by atoms with Crippen LogP contribution in [0, 0.1) is 12.7 Å². The second-order valence-corrected chi connectivity index (χ2v) is 7.65. The van der Waals surface area contributed by atoms with E-state index in [1.54, 1.807) is 12.1 Å². The van der Waals surface area contributed by atoms with E-state index >= 15 is 0 Å². The number of rotatable bonds is 3. The van der Waals surface area contributed by atoms with E-state index in [-0.39, 0.29) is 9.37 Å². The fourth-order valence-corrected chi connectivity index (χ4v) is 3.56. The van der Waals surface area contributed by atoms with Crippen LogP contribution < -0.4 is 4.72 Å². The van der Waals surface area contributed by atoms with Crippen LogP contribution in [0.25, 0.3) is 0 Å². The van der Waals surface area contributed by atoms with Crippen molar-refractivity contribution in [2.24, 2.45) is 0 Å². The smallest absolute Gasteiger partial charge is 0.261 e. The molecule has 0 bridgehead atoms. The number of nitrogens with one attached hydrogen (secondary N) is 1. The minimum Gasteiger partial charge on any atom is -0.280 e. The third-order valence-electron chi connectivity index (χ3n) is 2.50. The van der Waals surface area contributed by atoms with Gasteiger partial charge in [0.1, 0.15) is 5.82 Å². The van der Waals surface area contributed by atoms with Crippen molar-refractivity contribution < 1.29 is 12.8 Å². The van der Waals surface area contributed by atoms with Crippen molar-refractivity contribution in [3.05, 3.63) is 56.7 Å². The Labute approximate surface area is 133 Å². The fraction of sp³-hybridized carbons (Fsp3) is 0.0769. The molecule has 0 spiro atoms. The van der Waals surface area contributed by atoms with Crippen molar-refractivity contribution >= 4 is 47.6 Å². The van der Waals surface area contributed by atoms with Gasteiger partial charge in [0.05, 0.1) is 15.1 Å². The zero-order valence-corrected chi connectivity index (χ0v) is 14.3. The normalized spacial score (nSPS) is 11.4. The lowest BCUT2D eigenvalue weighted by Crippen LogP contribution is -2.13. The lowest BCUT2D eigenvalue weighted by Gasteiger charge is -2.10. The van der Waals surface area contributed by atoms with Crippen LogP contribution in [0.5, 0.6) is 0 Å². The highest BCUT2D eigenvalue weighted by Gasteiger charge is 2.16. The molecule has 0 aliphatic rings. The molecule has 0 heterocycles. The topological polar surface area (TPSA) is 46.2 Å². The van der Waals surface area contributed by atoms with E-state index < -0.39 is 15.8 Å². The first-order valence-corrected chi connectivity index (χ1v) is 8.60. The predicted molar refractivity (Wildman–Crippen MR) is 83.8 cm³/mol. The Morgan fingerprint density at radius 3 is 2.40 bits per heavy atom.